The summed E-state index contributed by atoms with van der Waals surface area (Å²) < 4.78 is 14.8. The van der Waals surface area contributed by atoms with Crippen LogP contribution in [0.4, 0.5) is 5.69 Å². The molecule has 0 bridgehead atoms. The van der Waals surface area contributed by atoms with Gasteiger partial charge in [-0.05, 0) is 28.7 Å². The highest BCUT2D eigenvalue weighted by Crippen LogP contribution is 2.49. The molecule has 0 radical (unpaired) electrons. The molecule has 0 atom stereocenters. The van der Waals surface area contributed by atoms with Crippen LogP contribution in [-0.2, 0) is 12.5 Å². The van der Waals surface area contributed by atoms with Gasteiger partial charge >= 0.3 is 0 Å². The van der Waals surface area contributed by atoms with Crippen LogP contribution in [0.3, 0.4) is 0 Å². The third kappa shape index (κ3) is 3.33. The Hall–Kier alpha value is -4.10. The van der Waals surface area contributed by atoms with Crippen molar-refractivity contribution in [3.05, 3.63) is 89.9 Å². The molecular formula is C30H27N2O2+. The van der Waals surface area contributed by atoms with Gasteiger partial charge < -0.3 is 9.15 Å². The molecule has 0 saturated carbocycles. The Morgan fingerprint density at radius 2 is 1.65 bits per heavy atom. The summed E-state index contributed by atoms with van der Waals surface area (Å²) >= 11 is 0. The van der Waals surface area contributed by atoms with E-state index in [-0.39, 0.29) is 5.41 Å². The van der Waals surface area contributed by atoms with E-state index in [0.29, 0.717) is 5.69 Å². The molecule has 5 rings (SSSR count). The van der Waals surface area contributed by atoms with Crippen molar-refractivity contribution in [3.8, 4) is 28.1 Å². The predicted octanol–water partition coefficient (Wildman–Crippen LogP) is 7.60. The first-order valence-electron chi connectivity index (χ1n) is 11.3. The fourth-order valence-corrected chi connectivity index (χ4v) is 4.74. The molecule has 0 aliphatic carbocycles. The van der Waals surface area contributed by atoms with Crippen LogP contribution in [0.5, 0.6) is 5.75 Å². The Kier molecular flexibility index (Phi) is 5.14. The molecule has 0 saturated heterocycles. The number of nitrogens with zero attached hydrogens (tertiary/aromatic N) is 2. The van der Waals surface area contributed by atoms with Crippen LogP contribution in [-0.4, -0.2) is 7.11 Å². The number of aromatic nitrogens is 1. The van der Waals surface area contributed by atoms with Gasteiger partial charge in [0.05, 0.1) is 13.7 Å². The third-order valence-electron chi connectivity index (χ3n) is 6.38. The van der Waals surface area contributed by atoms with E-state index in [0.717, 1.165) is 55.6 Å². The molecule has 4 nitrogen and oxygen atoms in total. The van der Waals surface area contributed by atoms with Crippen LogP contribution in [0, 0.1) is 6.57 Å². The summed E-state index contributed by atoms with van der Waals surface area (Å²) in [6, 6.07) is 22.2. The fourth-order valence-electron chi connectivity index (χ4n) is 4.74. The molecule has 0 spiro atoms. The van der Waals surface area contributed by atoms with E-state index in [1.54, 1.807) is 7.11 Å². The molecule has 2 heterocycles. The summed E-state index contributed by atoms with van der Waals surface area (Å²) in [6.07, 6.45) is 2.02. The van der Waals surface area contributed by atoms with Crippen molar-refractivity contribution >= 4 is 27.6 Å². The first kappa shape index (κ1) is 21.7. The maximum Gasteiger partial charge on any atom is 0.219 e. The Morgan fingerprint density at radius 1 is 0.912 bits per heavy atom. The molecule has 2 aromatic heterocycles. The van der Waals surface area contributed by atoms with Crippen molar-refractivity contribution in [2.75, 3.05) is 7.11 Å². The van der Waals surface area contributed by atoms with Crippen LogP contribution in [0.2, 0.25) is 0 Å². The largest absolute Gasteiger partial charge is 0.496 e. The second-order valence-electron chi connectivity index (χ2n) is 9.57. The molecule has 4 heteroatoms. The summed E-state index contributed by atoms with van der Waals surface area (Å²) in [7, 11) is 3.72. The van der Waals surface area contributed by atoms with Crippen molar-refractivity contribution in [2.45, 2.75) is 26.2 Å². The smallest absolute Gasteiger partial charge is 0.219 e. The molecule has 0 unspecified atom stereocenters. The number of rotatable bonds is 3. The molecule has 0 aliphatic rings. The lowest BCUT2D eigenvalue weighted by Crippen LogP contribution is -2.30. The van der Waals surface area contributed by atoms with E-state index < -0.39 is 0 Å². The Bertz CT molecular complexity index is 1580. The highest BCUT2D eigenvalue weighted by Gasteiger charge is 2.30. The second-order valence-corrected chi connectivity index (χ2v) is 9.57. The highest BCUT2D eigenvalue weighted by molar-refractivity contribution is 6.17. The summed E-state index contributed by atoms with van der Waals surface area (Å²) in [5.41, 5.74) is 6.78. The Labute approximate surface area is 199 Å². The molecule has 168 valence electrons. The minimum absolute atomic E-state index is 0.148. The summed E-state index contributed by atoms with van der Waals surface area (Å²) in [4.78, 5) is 3.83. The fraction of sp³-hybridized carbons (Fsp3) is 0.200. The number of fused-ring (bicyclic) bond motifs is 3. The van der Waals surface area contributed by atoms with E-state index >= 15 is 0 Å². The number of ether oxygens (including phenoxy) is 1. The monoisotopic (exact) mass is 447 g/mol. The lowest BCUT2D eigenvalue weighted by atomic mass is 9.82. The molecule has 5 aromatic rings. The maximum absolute atomic E-state index is 7.81. The molecule has 0 aliphatic heterocycles. The van der Waals surface area contributed by atoms with Crippen LogP contribution >= 0.6 is 0 Å². The van der Waals surface area contributed by atoms with Gasteiger partial charge in [-0.2, -0.15) is 0 Å². The van der Waals surface area contributed by atoms with E-state index in [2.05, 4.69) is 42.3 Å². The number of benzene rings is 3. The van der Waals surface area contributed by atoms with E-state index in [1.165, 1.54) is 0 Å². The van der Waals surface area contributed by atoms with Gasteiger partial charge in [0.15, 0.2) is 17.5 Å². The number of furan rings is 1. The zero-order valence-corrected chi connectivity index (χ0v) is 20.1. The van der Waals surface area contributed by atoms with Gasteiger partial charge in [-0.3, -0.25) is 0 Å². The maximum atomic E-state index is 7.81. The Morgan fingerprint density at radius 3 is 2.29 bits per heavy atom. The van der Waals surface area contributed by atoms with Crippen molar-refractivity contribution in [3.63, 3.8) is 0 Å². The van der Waals surface area contributed by atoms with Crippen molar-refractivity contribution < 1.29 is 13.7 Å². The lowest BCUT2D eigenvalue weighted by molar-refractivity contribution is -0.660. The number of methoxy groups -OCH3 is 1. The first-order chi connectivity index (χ1) is 16.3. The number of aryl methyl sites for hydroxylation is 1. The van der Waals surface area contributed by atoms with E-state index in [4.69, 9.17) is 15.7 Å². The van der Waals surface area contributed by atoms with Crippen LogP contribution in [0.1, 0.15) is 26.3 Å². The van der Waals surface area contributed by atoms with Gasteiger partial charge in [-0.15, -0.1) is 0 Å². The molecule has 0 amide bonds. The SMILES string of the molecule is [C-]#[N+]c1ccc2c(oc3c(-c4cccc[n+]4C)c(OC)cc(C(C)(C)C)c32)c1-c1ccccc1. The van der Waals surface area contributed by atoms with Gasteiger partial charge in [0, 0.05) is 28.5 Å². The number of hydrogen-bond donors (Lipinski definition) is 0. The zero-order chi connectivity index (χ0) is 24.0. The average molecular weight is 448 g/mol. The van der Waals surface area contributed by atoms with Gasteiger partial charge in [-0.25, -0.2) is 9.41 Å². The van der Waals surface area contributed by atoms with Gasteiger partial charge in [0.1, 0.15) is 23.9 Å². The standard InChI is InChI=1S/C30H27N2O2/c1-30(2,3)21-18-24(33-6)27(23-14-10-11-17-32(23)5)29-26(21)20-15-16-22(31-4)25(28(20)34-29)19-12-8-7-9-13-19/h7-18H,1-3,5-6H3/q+1. The summed E-state index contributed by atoms with van der Waals surface area (Å²) in [6.45, 7) is 14.4. The number of pyridine rings is 1. The van der Waals surface area contributed by atoms with Gasteiger partial charge in [0.2, 0.25) is 5.69 Å². The van der Waals surface area contributed by atoms with Crippen molar-refractivity contribution in [1.29, 1.82) is 0 Å². The van der Waals surface area contributed by atoms with E-state index in [9.17, 15) is 0 Å². The van der Waals surface area contributed by atoms with Crippen LogP contribution in [0.25, 0.3) is 49.2 Å². The van der Waals surface area contributed by atoms with Crippen LogP contribution < -0.4 is 9.30 Å². The quantitative estimate of drug-likeness (QED) is 0.211. The Balaban J connectivity index is 2.04. The zero-order valence-electron chi connectivity index (χ0n) is 20.1. The predicted molar refractivity (Wildman–Crippen MR) is 137 cm³/mol. The molecule has 34 heavy (non-hydrogen) atoms. The lowest BCUT2D eigenvalue weighted by Gasteiger charge is -2.22. The third-order valence-corrected chi connectivity index (χ3v) is 6.38. The van der Waals surface area contributed by atoms with Crippen molar-refractivity contribution in [1.82, 2.24) is 0 Å². The molecule has 3 aromatic carbocycles. The second kappa shape index (κ2) is 8.04. The summed E-state index contributed by atoms with van der Waals surface area (Å²) in [5, 5.41) is 2.07. The normalized spacial score (nSPS) is 11.6. The molecular weight excluding hydrogens is 420 g/mol. The minimum Gasteiger partial charge on any atom is -0.496 e. The van der Waals surface area contributed by atoms with Crippen molar-refractivity contribution in [2.24, 2.45) is 7.05 Å². The molecule has 0 N–H and O–H groups in total. The van der Waals surface area contributed by atoms with E-state index in [1.807, 2.05) is 67.8 Å². The average Bonchev–Trinajstić information content (AvgIpc) is 3.22. The molecule has 0 fully saturated rings. The topological polar surface area (TPSA) is 30.6 Å². The van der Waals surface area contributed by atoms with Crippen LogP contribution in [0.15, 0.2) is 77.3 Å². The summed E-state index contributed by atoms with van der Waals surface area (Å²) in [5.74, 6) is 0.768. The number of hydrogen-bond acceptors (Lipinski definition) is 2. The van der Waals surface area contributed by atoms with Gasteiger partial charge in [0.25, 0.3) is 0 Å². The first-order valence-corrected chi connectivity index (χ1v) is 11.3. The van der Waals surface area contributed by atoms with Gasteiger partial charge in [-0.1, -0.05) is 63.2 Å². The highest BCUT2D eigenvalue weighted by atomic mass is 16.5. The minimum atomic E-state index is -0.148.